The minimum Gasteiger partial charge on any atom is -0.357 e. The molecule has 0 unspecified atom stereocenters. The third-order valence-corrected chi connectivity index (χ3v) is 2.96. The molecule has 96 valence electrons. The Bertz CT molecular complexity index is 401. The average Bonchev–Trinajstić information content (AvgIpc) is 2.90. The molecule has 0 atom stereocenters. The van der Waals surface area contributed by atoms with Crippen molar-refractivity contribution in [3.05, 3.63) is 48.0 Å². The molecule has 0 saturated carbocycles. The number of guanidine groups is 1. The van der Waals surface area contributed by atoms with E-state index in [0.717, 1.165) is 31.9 Å². The van der Waals surface area contributed by atoms with Gasteiger partial charge in [0.05, 0.1) is 6.54 Å². The lowest BCUT2D eigenvalue weighted by Gasteiger charge is -2.16. The van der Waals surface area contributed by atoms with Crippen LogP contribution in [-0.4, -0.2) is 18.5 Å². The molecule has 3 heteroatoms. The standard InChI is InChI=1S/C15H21N3/c1-2-16-15(18-14-10-6-7-11-14)17-12-13-8-4-3-5-9-13/h3-9,14H,2,10-12H2,1H3,(H2,16,17,18). The van der Waals surface area contributed by atoms with Gasteiger partial charge in [-0.1, -0.05) is 42.5 Å². The van der Waals surface area contributed by atoms with Crippen molar-refractivity contribution < 1.29 is 0 Å². The van der Waals surface area contributed by atoms with Crippen LogP contribution in [-0.2, 0) is 6.54 Å². The van der Waals surface area contributed by atoms with Crippen LogP contribution in [0.4, 0.5) is 0 Å². The van der Waals surface area contributed by atoms with Crippen molar-refractivity contribution in [2.75, 3.05) is 6.54 Å². The van der Waals surface area contributed by atoms with Gasteiger partial charge in [-0.05, 0) is 25.3 Å². The van der Waals surface area contributed by atoms with Crippen LogP contribution in [0.5, 0.6) is 0 Å². The largest absolute Gasteiger partial charge is 0.357 e. The highest BCUT2D eigenvalue weighted by Gasteiger charge is 2.11. The van der Waals surface area contributed by atoms with Crippen molar-refractivity contribution >= 4 is 5.96 Å². The third kappa shape index (κ3) is 3.91. The molecule has 3 nitrogen and oxygen atoms in total. The zero-order valence-corrected chi connectivity index (χ0v) is 10.9. The molecule has 1 aromatic rings. The fourth-order valence-electron chi connectivity index (χ4n) is 2.00. The summed E-state index contributed by atoms with van der Waals surface area (Å²) in [5.74, 6) is 0.912. The van der Waals surface area contributed by atoms with Gasteiger partial charge in [-0.2, -0.15) is 0 Å². The van der Waals surface area contributed by atoms with Gasteiger partial charge in [-0.25, -0.2) is 4.99 Å². The summed E-state index contributed by atoms with van der Waals surface area (Å²) in [6.45, 7) is 3.70. The van der Waals surface area contributed by atoms with E-state index in [1.54, 1.807) is 0 Å². The molecule has 0 spiro atoms. The summed E-state index contributed by atoms with van der Waals surface area (Å²) in [5, 5.41) is 6.75. The predicted octanol–water partition coefficient (Wildman–Crippen LogP) is 2.46. The molecule has 2 rings (SSSR count). The molecular weight excluding hydrogens is 222 g/mol. The molecule has 0 heterocycles. The van der Waals surface area contributed by atoms with Gasteiger partial charge < -0.3 is 10.6 Å². The summed E-state index contributed by atoms with van der Waals surface area (Å²) in [6, 6.07) is 10.8. The number of rotatable bonds is 4. The first-order valence-corrected chi connectivity index (χ1v) is 6.62. The number of nitrogens with zero attached hydrogens (tertiary/aromatic N) is 1. The van der Waals surface area contributed by atoms with Crippen molar-refractivity contribution in [3.8, 4) is 0 Å². The van der Waals surface area contributed by atoms with Crippen molar-refractivity contribution in [1.29, 1.82) is 0 Å². The van der Waals surface area contributed by atoms with Gasteiger partial charge in [-0.15, -0.1) is 0 Å². The van der Waals surface area contributed by atoms with Crippen molar-refractivity contribution in [1.82, 2.24) is 10.6 Å². The SMILES string of the molecule is CCNC(=NCc1ccccc1)NC1CC=CC1. The van der Waals surface area contributed by atoms with Gasteiger partial charge in [0.25, 0.3) is 0 Å². The molecule has 18 heavy (non-hydrogen) atoms. The quantitative estimate of drug-likeness (QED) is 0.484. The fourth-order valence-corrected chi connectivity index (χ4v) is 2.00. The van der Waals surface area contributed by atoms with Crippen LogP contribution in [0.3, 0.4) is 0 Å². The highest BCUT2D eigenvalue weighted by molar-refractivity contribution is 5.80. The molecule has 1 aromatic carbocycles. The van der Waals surface area contributed by atoms with E-state index in [-0.39, 0.29) is 0 Å². The number of nitrogens with one attached hydrogen (secondary N) is 2. The van der Waals surface area contributed by atoms with Gasteiger partial charge in [0.2, 0.25) is 0 Å². The molecule has 0 bridgehead atoms. The van der Waals surface area contributed by atoms with E-state index in [1.165, 1.54) is 5.56 Å². The molecule has 0 amide bonds. The van der Waals surface area contributed by atoms with Crippen LogP contribution >= 0.6 is 0 Å². The van der Waals surface area contributed by atoms with Crippen molar-refractivity contribution in [2.45, 2.75) is 32.4 Å². The lowest BCUT2D eigenvalue weighted by atomic mass is 10.2. The second-order valence-electron chi connectivity index (χ2n) is 4.46. The molecular formula is C15H21N3. The Balaban J connectivity index is 1.91. The minimum atomic E-state index is 0.499. The van der Waals surface area contributed by atoms with E-state index in [0.29, 0.717) is 6.04 Å². The normalized spacial score (nSPS) is 15.9. The lowest BCUT2D eigenvalue weighted by molar-refractivity contribution is 0.633. The molecule has 1 aliphatic carbocycles. The number of hydrogen-bond acceptors (Lipinski definition) is 1. The van der Waals surface area contributed by atoms with E-state index in [9.17, 15) is 0 Å². The highest BCUT2D eigenvalue weighted by atomic mass is 15.2. The van der Waals surface area contributed by atoms with E-state index in [1.807, 2.05) is 18.2 Å². The zero-order valence-electron chi connectivity index (χ0n) is 10.9. The van der Waals surface area contributed by atoms with Crippen LogP contribution in [0.1, 0.15) is 25.3 Å². The summed E-state index contributed by atoms with van der Waals surface area (Å²) in [7, 11) is 0. The van der Waals surface area contributed by atoms with Gasteiger partial charge in [0, 0.05) is 12.6 Å². The van der Waals surface area contributed by atoms with Gasteiger partial charge in [0.1, 0.15) is 0 Å². The Kier molecular flexibility index (Phi) is 4.82. The number of benzene rings is 1. The first-order chi connectivity index (χ1) is 8.88. The molecule has 2 N–H and O–H groups in total. The Morgan fingerprint density at radius 1 is 1.22 bits per heavy atom. The maximum atomic E-state index is 4.61. The molecule has 1 aliphatic rings. The maximum absolute atomic E-state index is 4.61. The van der Waals surface area contributed by atoms with Crippen molar-refractivity contribution in [2.24, 2.45) is 4.99 Å². The molecule has 0 radical (unpaired) electrons. The number of aliphatic imine (C=N–C) groups is 1. The van der Waals surface area contributed by atoms with Crippen LogP contribution in [0.2, 0.25) is 0 Å². The molecule has 0 aromatic heterocycles. The van der Waals surface area contributed by atoms with Gasteiger partial charge in [-0.3, -0.25) is 0 Å². The summed E-state index contributed by atoms with van der Waals surface area (Å²) in [6.07, 6.45) is 6.63. The number of hydrogen-bond donors (Lipinski definition) is 2. The second kappa shape index (κ2) is 6.84. The van der Waals surface area contributed by atoms with E-state index >= 15 is 0 Å². The van der Waals surface area contributed by atoms with Crippen LogP contribution in [0.15, 0.2) is 47.5 Å². The smallest absolute Gasteiger partial charge is 0.191 e. The Morgan fingerprint density at radius 3 is 2.61 bits per heavy atom. The maximum Gasteiger partial charge on any atom is 0.191 e. The first kappa shape index (κ1) is 12.7. The topological polar surface area (TPSA) is 36.4 Å². The Labute approximate surface area is 109 Å². The Hall–Kier alpha value is -1.77. The molecule has 0 saturated heterocycles. The highest BCUT2D eigenvalue weighted by Crippen LogP contribution is 2.09. The molecule has 0 aliphatic heterocycles. The van der Waals surface area contributed by atoms with E-state index in [4.69, 9.17) is 0 Å². The molecule has 0 fully saturated rings. The minimum absolute atomic E-state index is 0.499. The van der Waals surface area contributed by atoms with E-state index < -0.39 is 0 Å². The van der Waals surface area contributed by atoms with Crippen LogP contribution in [0, 0.1) is 0 Å². The van der Waals surface area contributed by atoms with Gasteiger partial charge in [0.15, 0.2) is 5.96 Å². The lowest BCUT2D eigenvalue weighted by Crippen LogP contribution is -2.42. The average molecular weight is 243 g/mol. The predicted molar refractivity (Wildman–Crippen MR) is 76.6 cm³/mol. The summed E-state index contributed by atoms with van der Waals surface area (Å²) in [4.78, 5) is 4.61. The first-order valence-electron chi connectivity index (χ1n) is 6.62. The summed E-state index contributed by atoms with van der Waals surface area (Å²) >= 11 is 0. The van der Waals surface area contributed by atoms with Crippen LogP contribution < -0.4 is 10.6 Å². The third-order valence-electron chi connectivity index (χ3n) is 2.96. The second-order valence-corrected chi connectivity index (χ2v) is 4.46. The van der Waals surface area contributed by atoms with Crippen molar-refractivity contribution in [3.63, 3.8) is 0 Å². The monoisotopic (exact) mass is 243 g/mol. The van der Waals surface area contributed by atoms with Gasteiger partial charge >= 0.3 is 0 Å². The zero-order chi connectivity index (χ0) is 12.6. The Morgan fingerprint density at radius 2 is 1.94 bits per heavy atom. The summed E-state index contributed by atoms with van der Waals surface area (Å²) < 4.78 is 0. The van der Waals surface area contributed by atoms with E-state index in [2.05, 4.69) is 46.8 Å². The fraction of sp³-hybridized carbons (Fsp3) is 0.400. The summed E-state index contributed by atoms with van der Waals surface area (Å²) in [5.41, 5.74) is 1.24. The van der Waals surface area contributed by atoms with Crippen LogP contribution in [0.25, 0.3) is 0 Å².